The highest BCUT2D eigenvalue weighted by Gasteiger charge is 2.24. The SMILES string of the molecule is C1CCC(C2CCCNC2)NC1.Cl.Cl. The molecule has 2 unspecified atom stereocenters. The average Bonchev–Trinajstić information content (AvgIpc) is 2.21. The normalized spacial score (nSPS) is 32.6. The summed E-state index contributed by atoms with van der Waals surface area (Å²) in [6, 6.07) is 0.826. The second kappa shape index (κ2) is 7.75. The standard InChI is InChI=1S/C10H20N2.2ClH/c1-2-7-12-10(5-1)9-4-3-6-11-8-9;;/h9-12H,1-8H2;2*1H. The van der Waals surface area contributed by atoms with Crippen LogP contribution in [0.5, 0.6) is 0 Å². The van der Waals surface area contributed by atoms with E-state index in [2.05, 4.69) is 10.6 Å². The van der Waals surface area contributed by atoms with Crippen LogP contribution in [0.2, 0.25) is 0 Å². The Labute approximate surface area is 99.4 Å². The van der Waals surface area contributed by atoms with Crippen molar-refractivity contribution in [2.45, 2.75) is 38.1 Å². The molecule has 2 heterocycles. The fourth-order valence-corrected chi connectivity index (χ4v) is 2.50. The van der Waals surface area contributed by atoms with Crippen molar-refractivity contribution in [2.75, 3.05) is 19.6 Å². The summed E-state index contributed by atoms with van der Waals surface area (Å²) in [5.74, 6) is 0.916. The van der Waals surface area contributed by atoms with E-state index in [0.717, 1.165) is 12.0 Å². The Morgan fingerprint density at radius 1 is 0.857 bits per heavy atom. The topological polar surface area (TPSA) is 24.1 Å². The Kier molecular flexibility index (Phi) is 8.02. The zero-order valence-corrected chi connectivity index (χ0v) is 10.3. The molecule has 0 aromatic carbocycles. The Morgan fingerprint density at radius 2 is 1.71 bits per heavy atom. The molecule has 2 rings (SSSR count). The molecule has 86 valence electrons. The lowest BCUT2D eigenvalue weighted by atomic mass is 9.87. The molecule has 2 atom stereocenters. The van der Waals surface area contributed by atoms with E-state index in [0.29, 0.717) is 0 Å². The summed E-state index contributed by atoms with van der Waals surface area (Å²) in [6.07, 6.45) is 7.05. The molecule has 0 radical (unpaired) electrons. The maximum atomic E-state index is 3.65. The van der Waals surface area contributed by atoms with E-state index in [4.69, 9.17) is 0 Å². The van der Waals surface area contributed by atoms with Gasteiger partial charge in [-0.3, -0.25) is 0 Å². The van der Waals surface area contributed by atoms with Crippen molar-refractivity contribution in [3.05, 3.63) is 0 Å². The molecule has 2 N–H and O–H groups in total. The van der Waals surface area contributed by atoms with Gasteiger partial charge in [0.05, 0.1) is 0 Å². The third kappa shape index (κ3) is 3.93. The third-order valence-corrected chi connectivity index (χ3v) is 3.25. The molecular formula is C10H22Cl2N2. The third-order valence-electron chi connectivity index (χ3n) is 3.25. The summed E-state index contributed by atoms with van der Waals surface area (Å²) >= 11 is 0. The van der Waals surface area contributed by atoms with E-state index in [9.17, 15) is 0 Å². The monoisotopic (exact) mass is 240 g/mol. The van der Waals surface area contributed by atoms with Gasteiger partial charge in [-0.2, -0.15) is 0 Å². The van der Waals surface area contributed by atoms with Crippen LogP contribution in [0.1, 0.15) is 32.1 Å². The number of halogens is 2. The fraction of sp³-hybridized carbons (Fsp3) is 1.00. The highest BCUT2D eigenvalue weighted by Crippen LogP contribution is 2.20. The predicted molar refractivity (Wildman–Crippen MR) is 65.7 cm³/mol. The highest BCUT2D eigenvalue weighted by molar-refractivity contribution is 5.85. The zero-order chi connectivity index (χ0) is 8.23. The first-order chi connectivity index (χ1) is 5.97. The summed E-state index contributed by atoms with van der Waals surface area (Å²) in [7, 11) is 0. The summed E-state index contributed by atoms with van der Waals surface area (Å²) in [6.45, 7) is 3.74. The molecule has 0 spiro atoms. The molecule has 2 aliphatic heterocycles. The van der Waals surface area contributed by atoms with Gasteiger partial charge in [0.15, 0.2) is 0 Å². The van der Waals surface area contributed by atoms with Crippen LogP contribution < -0.4 is 10.6 Å². The zero-order valence-electron chi connectivity index (χ0n) is 8.63. The minimum Gasteiger partial charge on any atom is -0.316 e. The number of hydrogen-bond donors (Lipinski definition) is 2. The van der Waals surface area contributed by atoms with Gasteiger partial charge in [-0.1, -0.05) is 6.42 Å². The fourth-order valence-electron chi connectivity index (χ4n) is 2.50. The van der Waals surface area contributed by atoms with E-state index in [-0.39, 0.29) is 24.8 Å². The average molecular weight is 241 g/mol. The van der Waals surface area contributed by atoms with Gasteiger partial charge in [-0.15, -0.1) is 24.8 Å². The lowest BCUT2D eigenvalue weighted by Crippen LogP contribution is -2.46. The Hall–Kier alpha value is 0.500. The lowest BCUT2D eigenvalue weighted by Gasteiger charge is -2.34. The Balaban J connectivity index is 0.000000845. The van der Waals surface area contributed by atoms with E-state index >= 15 is 0 Å². The molecule has 2 aliphatic rings. The molecular weight excluding hydrogens is 219 g/mol. The Morgan fingerprint density at radius 3 is 2.29 bits per heavy atom. The number of nitrogens with one attached hydrogen (secondary N) is 2. The first kappa shape index (κ1) is 14.5. The van der Waals surface area contributed by atoms with Gasteiger partial charge in [0.1, 0.15) is 0 Å². The molecule has 0 aliphatic carbocycles. The number of hydrogen-bond acceptors (Lipinski definition) is 2. The van der Waals surface area contributed by atoms with Crippen molar-refractivity contribution in [2.24, 2.45) is 5.92 Å². The van der Waals surface area contributed by atoms with Gasteiger partial charge in [0.25, 0.3) is 0 Å². The van der Waals surface area contributed by atoms with Crippen molar-refractivity contribution >= 4 is 24.8 Å². The molecule has 2 nitrogen and oxygen atoms in total. The van der Waals surface area contributed by atoms with E-state index in [1.54, 1.807) is 0 Å². The molecule has 0 bridgehead atoms. The molecule has 0 aromatic rings. The van der Waals surface area contributed by atoms with Gasteiger partial charge in [-0.05, 0) is 51.2 Å². The highest BCUT2D eigenvalue weighted by atomic mass is 35.5. The predicted octanol–water partition coefficient (Wildman–Crippen LogP) is 1.97. The summed E-state index contributed by atoms with van der Waals surface area (Å²) in [4.78, 5) is 0. The van der Waals surface area contributed by atoms with Crippen LogP contribution in [0.15, 0.2) is 0 Å². The van der Waals surface area contributed by atoms with Gasteiger partial charge in [-0.25, -0.2) is 0 Å². The largest absolute Gasteiger partial charge is 0.316 e. The maximum Gasteiger partial charge on any atom is 0.0107 e. The van der Waals surface area contributed by atoms with Gasteiger partial charge in [0, 0.05) is 6.04 Å². The minimum absolute atomic E-state index is 0. The lowest BCUT2D eigenvalue weighted by molar-refractivity contribution is 0.247. The van der Waals surface area contributed by atoms with Gasteiger partial charge < -0.3 is 10.6 Å². The molecule has 14 heavy (non-hydrogen) atoms. The van der Waals surface area contributed by atoms with Crippen LogP contribution in [0, 0.1) is 5.92 Å². The first-order valence-electron chi connectivity index (χ1n) is 5.41. The van der Waals surface area contributed by atoms with Crippen molar-refractivity contribution < 1.29 is 0 Å². The molecule has 2 fully saturated rings. The van der Waals surface area contributed by atoms with Gasteiger partial charge in [0.2, 0.25) is 0 Å². The molecule has 0 amide bonds. The molecule has 4 heteroatoms. The Bertz CT molecular complexity index is 116. The quantitative estimate of drug-likeness (QED) is 0.733. The minimum atomic E-state index is 0. The van der Waals surface area contributed by atoms with Crippen LogP contribution in [0.25, 0.3) is 0 Å². The van der Waals surface area contributed by atoms with Crippen molar-refractivity contribution in [3.8, 4) is 0 Å². The number of piperidine rings is 2. The van der Waals surface area contributed by atoms with Crippen molar-refractivity contribution in [3.63, 3.8) is 0 Å². The summed E-state index contributed by atoms with van der Waals surface area (Å²) in [5.41, 5.74) is 0. The smallest absolute Gasteiger partial charge is 0.0107 e. The van der Waals surface area contributed by atoms with Gasteiger partial charge >= 0.3 is 0 Å². The van der Waals surface area contributed by atoms with Crippen LogP contribution in [-0.4, -0.2) is 25.7 Å². The maximum absolute atomic E-state index is 3.65. The van der Waals surface area contributed by atoms with Crippen LogP contribution in [-0.2, 0) is 0 Å². The first-order valence-corrected chi connectivity index (χ1v) is 5.41. The van der Waals surface area contributed by atoms with E-state index < -0.39 is 0 Å². The molecule has 0 aromatic heterocycles. The van der Waals surface area contributed by atoms with Crippen molar-refractivity contribution in [1.82, 2.24) is 10.6 Å². The summed E-state index contributed by atoms with van der Waals surface area (Å²) in [5, 5.41) is 7.14. The van der Waals surface area contributed by atoms with Crippen LogP contribution >= 0.6 is 24.8 Å². The van der Waals surface area contributed by atoms with Crippen LogP contribution in [0.3, 0.4) is 0 Å². The second-order valence-corrected chi connectivity index (χ2v) is 4.16. The van der Waals surface area contributed by atoms with Crippen LogP contribution in [0.4, 0.5) is 0 Å². The van der Waals surface area contributed by atoms with E-state index in [1.807, 2.05) is 0 Å². The van der Waals surface area contributed by atoms with Crippen molar-refractivity contribution in [1.29, 1.82) is 0 Å². The second-order valence-electron chi connectivity index (χ2n) is 4.16. The molecule has 0 saturated carbocycles. The number of rotatable bonds is 1. The summed E-state index contributed by atoms with van der Waals surface area (Å²) < 4.78 is 0. The molecule has 2 saturated heterocycles. The van der Waals surface area contributed by atoms with E-state index in [1.165, 1.54) is 51.7 Å².